The average molecular weight is 442 g/mol. The van der Waals surface area contributed by atoms with Crippen LogP contribution in [0.1, 0.15) is 48.1 Å². The zero-order valence-electron chi connectivity index (χ0n) is 18.5. The summed E-state index contributed by atoms with van der Waals surface area (Å²) in [5, 5.41) is 10.6. The minimum absolute atomic E-state index is 0.149. The Kier molecular flexibility index (Phi) is 7.50. The first-order valence-electron chi connectivity index (χ1n) is 11.4. The van der Waals surface area contributed by atoms with Gasteiger partial charge in [0.2, 0.25) is 0 Å². The van der Waals surface area contributed by atoms with E-state index in [0.29, 0.717) is 37.7 Å². The van der Waals surface area contributed by atoms with Crippen LogP contribution in [0.2, 0.25) is 0 Å². The van der Waals surface area contributed by atoms with Gasteiger partial charge in [0.25, 0.3) is 0 Å². The summed E-state index contributed by atoms with van der Waals surface area (Å²) in [6.45, 7) is 5.02. The normalized spacial score (nSPS) is 19.2. The van der Waals surface area contributed by atoms with E-state index in [-0.39, 0.29) is 18.6 Å². The van der Waals surface area contributed by atoms with Crippen molar-refractivity contribution in [2.24, 2.45) is 0 Å². The van der Waals surface area contributed by atoms with Crippen molar-refractivity contribution in [3.63, 3.8) is 0 Å². The largest absolute Gasteiger partial charge is 0.491 e. The standard InChI is InChI=1S/C25H31NO6/c1-2-29-25(28)19-6-3-7-21(14-19)32-17-20(27)16-26-11-4-8-22(26)18-9-10-23-24(15-18)31-13-5-12-30-23/h3,6-7,9-10,14-15,20,22,27H,2,4-5,8,11-13,16-17H2,1H3/t20-,22+/m1/s1. The second-order valence-corrected chi connectivity index (χ2v) is 8.12. The molecule has 0 amide bonds. The fourth-order valence-electron chi connectivity index (χ4n) is 4.25. The van der Waals surface area contributed by atoms with E-state index in [4.69, 9.17) is 18.9 Å². The summed E-state index contributed by atoms with van der Waals surface area (Å²) in [7, 11) is 0. The zero-order valence-corrected chi connectivity index (χ0v) is 18.5. The second-order valence-electron chi connectivity index (χ2n) is 8.12. The van der Waals surface area contributed by atoms with Crippen LogP contribution in [-0.4, -0.2) is 61.6 Å². The van der Waals surface area contributed by atoms with E-state index in [1.54, 1.807) is 31.2 Å². The van der Waals surface area contributed by atoms with Crippen LogP contribution >= 0.6 is 0 Å². The Morgan fingerprint density at radius 2 is 2.00 bits per heavy atom. The van der Waals surface area contributed by atoms with Crippen molar-refractivity contribution >= 4 is 5.97 Å². The molecule has 0 aliphatic carbocycles. The van der Waals surface area contributed by atoms with Crippen molar-refractivity contribution in [2.45, 2.75) is 38.3 Å². The molecule has 32 heavy (non-hydrogen) atoms. The third-order valence-electron chi connectivity index (χ3n) is 5.75. The SMILES string of the molecule is CCOC(=O)c1cccc(OC[C@H](O)CN2CCC[C@H]2c2ccc3c(c2)OCCCO3)c1. The van der Waals surface area contributed by atoms with Crippen LogP contribution in [0.15, 0.2) is 42.5 Å². The fourth-order valence-corrected chi connectivity index (χ4v) is 4.25. The van der Waals surface area contributed by atoms with Gasteiger partial charge in [-0.05, 0) is 62.2 Å². The second kappa shape index (κ2) is 10.7. The number of aliphatic hydroxyl groups is 1. The van der Waals surface area contributed by atoms with Crippen LogP contribution in [0, 0.1) is 0 Å². The molecule has 2 aromatic rings. The Morgan fingerprint density at radius 1 is 1.16 bits per heavy atom. The van der Waals surface area contributed by atoms with E-state index >= 15 is 0 Å². The molecule has 0 bridgehead atoms. The van der Waals surface area contributed by atoms with E-state index in [0.717, 1.165) is 37.3 Å². The van der Waals surface area contributed by atoms with Crippen LogP contribution in [0.25, 0.3) is 0 Å². The number of fused-ring (bicyclic) bond motifs is 1. The number of β-amino-alcohol motifs (C(OH)–C–C–N with tert-alkyl or cyclic N) is 1. The summed E-state index contributed by atoms with van der Waals surface area (Å²) in [5.41, 5.74) is 1.62. The molecule has 0 spiro atoms. The molecule has 0 radical (unpaired) electrons. The number of esters is 1. The minimum Gasteiger partial charge on any atom is -0.491 e. The average Bonchev–Trinajstić information content (AvgIpc) is 3.13. The maximum absolute atomic E-state index is 11.9. The number of ether oxygens (including phenoxy) is 4. The quantitative estimate of drug-likeness (QED) is 0.627. The van der Waals surface area contributed by atoms with Gasteiger partial charge >= 0.3 is 5.97 Å². The fraction of sp³-hybridized carbons (Fsp3) is 0.480. The third-order valence-corrected chi connectivity index (χ3v) is 5.75. The molecule has 0 saturated carbocycles. The topological polar surface area (TPSA) is 77.5 Å². The first-order valence-corrected chi connectivity index (χ1v) is 11.4. The molecule has 7 nitrogen and oxygen atoms in total. The van der Waals surface area contributed by atoms with Gasteiger partial charge in [0, 0.05) is 19.0 Å². The van der Waals surface area contributed by atoms with Crippen LogP contribution in [0.4, 0.5) is 0 Å². The summed E-state index contributed by atoms with van der Waals surface area (Å²) in [6.07, 6.45) is 2.35. The van der Waals surface area contributed by atoms with Gasteiger partial charge in [0.15, 0.2) is 11.5 Å². The van der Waals surface area contributed by atoms with Crippen LogP contribution in [0.3, 0.4) is 0 Å². The Balaban J connectivity index is 1.34. The lowest BCUT2D eigenvalue weighted by Gasteiger charge is -2.27. The third kappa shape index (κ3) is 5.53. The molecule has 0 aromatic heterocycles. The molecule has 1 fully saturated rings. The number of carbonyl (C=O) groups is 1. The zero-order chi connectivity index (χ0) is 22.3. The van der Waals surface area contributed by atoms with E-state index < -0.39 is 6.10 Å². The molecular formula is C25H31NO6. The first-order chi connectivity index (χ1) is 15.6. The predicted octanol–water partition coefficient (Wildman–Crippen LogP) is 3.60. The summed E-state index contributed by atoms with van der Waals surface area (Å²) in [6, 6.07) is 13.2. The van der Waals surface area contributed by atoms with E-state index in [1.165, 1.54) is 5.56 Å². The maximum atomic E-state index is 11.9. The van der Waals surface area contributed by atoms with Gasteiger partial charge in [-0.1, -0.05) is 12.1 Å². The number of hydrogen-bond acceptors (Lipinski definition) is 7. The van der Waals surface area contributed by atoms with E-state index in [2.05, 4.69) is 17.0 Å². The highest BCUT2D eigenvalue weighted by atomic mass is 16.5. The Labute approximate surface area is 188 Å². The molecule has 2 aliphatic heterocycles. The number of carbonyl (C=O) groups excluding carboxylic acids is 1. The summed E-state index contributed by atoms with van der Waals surface area (Å²) in [5.74, 6) is 1.76. The number of likely N-dealkylation sites (tertiary alicyclic amines) is 1. The molecule has 2 aromatic carbocycles. The van der Waals surface area contributed by atoms with Crippen molar-refractivity contribution in [2.75, 3.05) is 39.5 Å². The van der Waals surface area contributed by atoms with Gasteiger partial charge in [-0.2, -0.15) is 0 Å². The van der Waals surface area contributed by atoms with Crippen molar-refractivity contribution in [1.82, 2.24) is 4.90 Å². The molecular weight excluding hydrogens is 410 g/mol. The van der Waals surface area contributed by atoms with Crippen molar-refractivity contribution in [3.05, 3.63) is 53.6 Å². The molecule has 1 saturated heterocycles. The Hall–Kier alpha value is -2.77. The highest BCUT2D eigenvalue weighted by Crippen LogP contribution is 2.37. The molecule has 4 rings (SSSR count). The molecule has 172 valence electrons. The van der Waals surface area contributed by atoms with Gasteiger partial charge in [-0.3, -0.25) is 4.90 Å². The highest BCUT2D eigenvalue weighted by Gasteiger charge is 2.28. The predicted molar refractivity (Wildman–Crippen MR) is 119 cm³/mol. The van der Waals surface area contributed by atoms with Gasteiger partial charge < -0.3 is 24.1 Å². The summed E-state index contributed by atoms with van der Waals surface area (Å²) in [4.78, 5) is 14.2. The van der Waals surface area contributed by atoms with Gasteiger partial charge in [0.1, 0.15) is 18.5 Å². The monoisotopic (exact) mass is 441 g/mol. The van der Waals surface area contributed by atoms with Gasteiger partial charge in [-0.15, -0.1) is 0 Å². The summed E-state index contributed by atoms with van der Waals surface area (Å²) >= 11 is 0. The molecule has 1 N–H and O–H groups in total. The number of benzene rings is 2. The van der Waals surface area contributed by atoms with E-state index in [1.807, 2.05) is 6.07 Å². The molecule has 7 heteroatoms. The lowest BCUT2D eigenvalue weighted by molar-refractivity contribution is 0.0524. The molecule has 0 unspecified atom stereocenters. The molecule has 2 aliphatic rings. The molecule has 2 heterocycles. The van der Waals surface area contributed by atoms with Crippen LogP contribution in [0.5, 0.6) is 17.2 Å². The van der Waals surface area contributed by atoms with Crippen molar-refractivity contribution in [1.29, 1.82) is 0 Å². The van der Waals surface area contributed by atoms with Crippen LogP contribution in [-0.2, 0) is 4.74 Å². The lowest BCUT2D eigenvalue weighted by Crippen LogP contribution is -2.35. The number of rotatable bonds is 8. The number of hydrogen-bond donors (Lipinski definition) is 1. The highest BCUT2D eigenvalue weighted by molar-refractivity contribution is 5.89. The lowest BCUT2D eigenvalue weighted by atomic mass is 10.0. The number of aliphatic hydroxyl groups excluding tert-OH is 1. The van der Waals surface area contributed by atoms with Crippen molar-refractivity contribution in [3.8, 4) is 17.2 Å². The maximum Gasteiger partial charge on any atom is 0.338 e. The molecule has 2 atom stereocenters. The first kappa shape index (κ1) is 22.4. The Bertz CT molecular complexity index is 917. The smallest absolute Gasteiger partial charge is 0.338 e. The van der Waals surface area contributed by atoms with E-state index in [9.17, 15) is 9.90 Å². The summed E-state index contributed by atoms with van der Waals surface area (Å²) < 4.78 is 22.4. The van der Waals surface area contributed by atoms with Gasteiger partial charge in [0.05, 0.1) is 25.4 Å². The van der Waals surface area contributed by atoms with Crippen molar-refractivity contribution < 1.29 is 28.8 Å². The minimum atomic E-state index is -0.651. The Morgan fingerprint density at radius 3 is 2.84 bits per heavy atom. The number of nitrogens with zero attached hydrogens (tertiary/aromatic N) is 1. The van der Waals surface area contributed by atoms with Crippen LogP contribution < -0.4 is 14.2 Å². The van der Waals surface area contributed by atoms with Gasteiger partial charge in [-0.25, -0.2) is 4.79 Å².